The number of hydrogen-bond acceptors (Lipinski definition) is 6. The van der Waals surface area contributed by atoms with Gasteiger partial charge in [0, 0.05) is 19.3 Å². The van der Waals surface area contributed by atoms with E-state index in [2.05, 4.69) is 142 Å². The maximum Gasteiger partial charge on any atom is 0.306 e. The second-order valence-electron chi connectivity index (χ2n) is 21.6. The molecule has 0 saturated carbocycles. The Balaban J connectivity index is 4.45. The Hall–Kier alpha value is -4.19. The summed E-state index contributed by atoms with van der Waals surface area (Å²) >= 11 is 0. The van der Waals surface area contributed by atoms with Crippen molar-refractivity contribution in [3.8, 4) is 0 Å². The summed E-state index contributed by atoms with van der Waals surface area (Å²) in [5.41, 5.74) is 0. The fourth-order valence-electron chi connectivity index (χ4n) is 8.98. The van der Waals surface area contributed by atoms with Crippen LogP contribution in [0.3, 0.4) is 0 Å². The van der Waals surface area contributed by atoms with Crippen molar-refractivity contribution in [3.05, 3.63) is 122 Å². The summed E-state index contributed by atoms with van der Waals surface area (Å²) < 4.78 is 16.9. The zero-order valence-electron chi connectivity index (χ0n) is 51.6. The molecule has 0 aromatic rings. The van der Waals surface area contributed by atoms with Gasteiger partial charge >= 0.3 is 17.9 Å². The van der Waals surface area contributed by atoms with E-state index in [-0.39, 0.29) is 31.1 Å². The van der Waals surface area contributed by atoms with Gasteiger partial charge < -0.3 is 14.2 Å². The van der Waals surface area contributed by atoms with E-state index in [1.54, 1.807) is 0 Å². The van der Waals surface area contributed by atoms with E-state index in [0.717, 1.165) is 135 Å². The highest BCUT2D eigenvalue weighted by atomic mass is 16.6. The number of carbonyl (C=O) groups excluding carboxylic acids is 3. The van der Waals surface area contributed by atoms with Crippen LogP contribution in [0, 0.1) is 0 Å². The van der Waals surface area contributed by atoms with Crippen LogP contribution in [0.4, 0.5) is 0 Å². The zero-order valence-corrected chi connectivity index (χ0v) is 51.6. The minimum atomic E-state index is -0.801. The van der Waals surface area contributed by atoms with Crippen molar-refractivity contribution in [1.29, 1.82) is 0 Å². The van der Waals surface area contributed by atoms with Gasteiger partial charge in [-0.15, -0.1) is 0 Å². The van der Waals surface area contributed by atoms with Gasteiger partial charge in [0.05, 0.1) is 0 Å². The second kappa shape index (κ2) is 66.3. The van der Waals surface area contributed by atoms with Crippen molar-refractivity contribution in [3.63, 3.8) is 0 Å². The average molecular weight is 1100 g/mol. The van der Waals surface area contributed by atoms with Gasteiger partial charge in [-0.1, -0.05) is 271 Å². The largest absolute Gasteiger partial charge is 0.462 e. The molecule has 0 aromatic carbocycles. The molecule has 0 spiro atoms. The number of esters is 3. The lowest BCUT2D eigenvalue weighted by atomic mass is 10.1. The number of carbonyl (C=O) groups is 3. The Kier molecular flexibility index (Phi) is 62.8. The Morgan fingerprint density at radius 3 is 0.797 bits per heavy atom. The molecule has 1 atom stereocenters. The van der Waals surface area contributed by atoms with E-state index in [4.69, 9.17) is 14.2 Å². The van der Waals surface area contributed by atoms with Crippen LogP contribution in [0.5, 0.6) is 0 Å². The molecule has 0 bridgehead atoms. The number of hydrogen-bond donors (Lipinski definition) is 0. The van der Waals surface area contributed by atoms with Crippen LogP contribution in [0.2, 0.25) is 0 Å². The van der Waals surface area contributed by atoms with E-state index >= 15 is 0 Å². The third-order valence-electron chi connectivity index (χ3n) is 13.9. The predicted octanol–water partition coefficient (Wildman–Crippen LogP) is 22.8. The van der Waals surface area contributed by atoms with Gasteiger partial charge in [-0.2, -0.15) is 0 Å². The van der Waals surface area contributed by atoms with Gasteiger partial charge in [0.25, 0.3) is 0 Å². The lowest BCUT2D eigenvalue weighted by Gasteiger charge is -2.18. The second-order valence-corrected chi connectivity index (χ2v) is 21.6. The highest BCUT2D eigenvalue weighted by molar-refractivity contribution is 5.71. The standard InChI is InChI=1S/C73H122O6/c1-4-7-10-13-16-19-22-25-28-31-34-35-36-37-40-42-45-48-51-54-57-60-63-66-72(75)78-69-70(79-73(76)67-64-61-58-55-52-49-46-43-39-33-30-27-24-21-18-15-12-9-6-3)68-77-71(74)65-62-59-56-53-50-47-44-41-38-32-29-26-23-20-17-14-11-8-5-2/h9,12,17-18,20-22,25-27,29-31,34,36-39,41,43,70H,4-8,10-11,13-16,19,23-24,28,32-33,35,40,42,44-69H2,1-3H3/b12-9-,20-17-,21-18-,25-22-,29-26-,30-27-,34-31-,37-36-,41-38-,43-39-. The molecule has 0 aliphatic carbocycles. The number of ether oxygens (including phenoxy) is 3. The molecule has 6 heteroatoms. The number of unbranched alkanes of at least 4 members (excludes halogenated alkanes) is 28. The zero-order chi connectivity index (χ0) is 57.1. The normalized spacial score (nSPS) is 12.9. The summed E-state index contributed by atoms with van der Waals surface area (Å²) in [5, 5.41) is 0. The molecule has 0 aromatic heterocycles. The van der Waals surface area contributed by atoms with Crippen molar-refractivity contribution in [2.75, 3.05) is 13.2 Å². The molecule has 0 N–H and O–H groups in total. The van der Waals surface area contributed by atoms with Crippen LogP contribution in [0.1, 0.15) is 303 Å². The van der Waals surface area contributed by atoms with E-state index in [9.17, 15) is 14.4 Å². The maximum atomic E-state index is 12.9. The highest BCUT2D eigenvalue weighted by Crippen LogP contribution is 2.15. The number of allylic oxidation sites excluding steroid dienone is 20. The van der Waals surface area contributed by atoms with Gasteiger partial charge in [0.15, 0.2) is 6.10 Å². The summed E-state index contributed by atoms with van der Waals surface area (Å²) in [6, 6.07) is 0. The maximum absolute atomic E-state index is 12.9. The van der Waals surface area contributed by atoms with Gasteiger partial charge in [0.2, 0.25) is 0 Å². The first-order chi connectivity index (χ1) is 39.0. The molecule has 0 fully saturated rings. The van der Waals surface area contributed by atoms with Gasteiger partial charge in [-0.25, -0.2) is 0 Å². The summed E-state index contributed by atoms with van der Waals surface area (Å²) in [7, 11) is 0. The molecular formula is C73H122O6. The highest BCUT2D eigenvalue weighted by Gasteiger charge is 2.19. The third-order valence-corrected chi connectivity index (χ3v) is 13.9. The number of rotatable bonds is 59. The summed E-state index contributed by atoms with van der Waals surface area (Å²) in [6.45, 7) is 6.48. The Morgan fingerprint density at radius 1 is 0.266 bits per heavy atom. The summed E-state index contributed by atoms with van der Waals surface area (Å²) in [4.78, 5) is 38.4. The van der Waals surface area contributed by atoms with Crippen LogP contribution in [0.15, 0.2) is 122 Å². The van der Waals surface area contributed by atoms with Crippen molar-refractivity contribution in [2.45, 2.75) is 309 Å². The predicted molar refractivity (Wildman–Crippen MR) is 343 cm³/mol. The third kappa shape index (κ3) is 64.5. The first-order valence-corrected chi connectivity index (χ1v) is 33.0. The van der Waals surface area contributed by atoms with Gasteiger partial charge in [-0.05, 0) is 135 Å². The van der Waals surface area contributed by atoms with E-state index < -0.39 is 6.10 Å². The summed E-state index contributed by atoms with van der Waals surface area (Å²) in [6.07, 6.45) is 91.9. The molecule has 0 radical (unpaired) electrons. The van der Waals surface area contributed by atoms with E-state index in [1.807, 2.05) is 0 Å². The molecule has 0 saturated heterocycles. The molecular weight excluding hydrogens is 973 g/mol. The summed E-state index contributed by atoms with van der Waals surface area (Å²) in [5.74, 6) is -0.922. The monoisotopic (exact) mass is 1090 g/mol. The first-order valence-electron chi connectivity index (χ1n) is 33.0. The molecule has 0 heterocycles. The van der Waals surface area contributed by atoms with Gasteiger partial charge in [-0.3, -0.25) is 14.4 Å². The molecule has 6 nitrogen and oxygen atoms in total. The lowest BCUT2D eigenvalue weighted by Crippen LogP contribution is -2.30. The van der Waals surface area contributed by atoms with Crippen molar-refractivity contribution >= 4 is 17.9 Å². The van der Waals surface area contributed by atoms with E-state index in [0.29, 0.717) is 19.3 Å². The molecule has 0 rings (SSSR count). The smallest absolute Gasteiger partial charge is 0.306 e. The Labute approximate surface area is 488 Å². The Bertz CT molecular complexity index is 1640. The quantitative estimate of drug-likeness (QED) is 0.0261. The van der Waals surface area contributed by atoms with Crippen molar-refractivity contribution < 1.29 is 28.6 Å². The molecule has 450 valence electrons. The minimum absolute atomic E-state index is 0.0945. The average Bonchev–Trinajstić information content (AvgIpc) is 3.45. The molecule has 79 heavy (non-hydrogen) atoms. The Morgan fingerprint density at radius 2 is 0.494 bits per heavy atom. The topological polar surface area (TPSA) is 78.9 Å². The van der Waals surface area contributed by atoms with Crippen LogP contribution < -0.4 is 0 Å². The van der Waals surface area contributed by atoms with Crippen molar-refractivity contribution in [2.24, 2.45) is 0 Å². The first kappa shape index (κ1) is 74.8. The minimum Gasteiger partial charge on any atom is -0.462 e. The SMILES string of the molecule is CC/C=C\C/C=C\C/C=C\C/C=C\CCCCCCCCC(=O)OC(COC(=O)CCCCCCCC/C=C\C/C=C\C/C=C\CCCCC)COC(=O)CCCCCCCCCC/C=C\C/C=C\C/C=C\CCCCCCC. The van der Waals surface area contributed by atoms with Crippen LogP contribution >= 0.6 is 0 Å². The fourth-order valence-corrected chi connectivity index (χ4v) is 8.98. The lowest BCUT2D eigenvalue weighted by molar-refractivity contribution is -0.167. The van der Waals surface area contributed by atoms with Crippen LogP contribution in [0.25, 0.3) is 0 Å². The van der Waals surface area contributed by atoms with Gasteiger partial charge in [0.1, 0.15) is 13.2 Å². The van der Waals surface area contributed by atoms with E-state index in [1.165, 1.54) is 128 Å². The van der Waals surface area contributed by atoms with Crippen LogP contribution in [-0.4, -0.2) is 37.2 Å². The van der Waals surface area contributed by atoms with Crippen LogP contribution in [-0.2, 0) is 28.6 Å². The molecule has 1 unspecified atom stereocenters. The molecule has 0 aliphatic rings. The van der Waals surface area contributed by atoms with Crippen molar-refractivity contribution in [1.82, 2.24) is 0 Å². The fraction of sp³-hybridized carbons (Fsp3) is 0.685. The molecule has 0 aliphatic heterocycles. The molecule has 0 amide bonds.